The Balaban J connectivity index is 2.70. The van der Waals surface area contributed by atoms with Gasteiger partial charge in [-0.3, -0.25) is 9.59 Å². The van der Waals surface area contributed by atoms with Crippen LogP contribution in [0, 0.1) is 0 Å². The third-order valence-electron chi connectivity index (χ3n) is 2.79. The molecule has 5 nitrogen and oxygen atoms in total. The molecule has 0 heterocycles. The van der Waals surface area contributed by atoms with Crippen molar-refractivity contribution in [1.82, 2.24) is 10.2 Å². The summed E-state index contributed by atoms with van der Waals surface area (Å²) in [6.45, 7) is 3.89. The first-order valence-electron chi connectivity index (χ1n) is 6.40. The maximum Gasteiger partial charge on any atom is 0.263 e. The van der Waals surface area contributed by atoms with Crippen molar-refractivity contribution in [1.29, 1.82) is 0 Å². The minimum Gasteiger partial charge on any atom is -0.479 e. The van der Waals surface area contributed by atoms with E-state index in [1.54, 1.807) is 31.2 Å². The van der Waals surface area contributed by atoms with E-state index < -0.39 is 6.10 Å². The number of ether oxygens (including phenoxy) is 1. The van der Waals surface area contributed by atoms with E-state index in [2.05, 4.69) is 5.32 Å². The second-order valence-electron chi connectivity index (χ2n) is 4.22. The molecule has 1 rings (SSSR count). The predicted molar refractivity (Wildman–Crippen MR) is 77.9 cm³/mol. The van der Waals surface area contributed by atoms with E-state index in [1.807, 2.05) is 6.92 Å². The lowest BCUT2D eigenvalue weighted by Crippen LogP contribution is -2.45. The number of rotatable bonds is 6. The molecule has 1 unspecified atom stereocenters. The molecule has 0 aromatic heterocycles. The third-order valence-corrected chi connectivity index (χ3v) is 3.11. The molecule has 6 heteroatoms. The first-order valence-corrected chi connectivity index (χ1v) is 6.78. The van der Waals surface area contributed by atoms with Crippen LogP contribution in [0.1, 0.15) is 13.8 Å². The number of halogens is 1. The molecule has 0 radical (unpaired) electrons. The van der Waals surface area contributed by atoms with Crippen LogP contribution < -0.4 is 10.1 Å². The molecule has 0 aliphatic carbocycles. The largest absolute Gasteiger partial charge is 0.479 e. The lowest BCUT2D eigenvalue weighted by molar-refractivity contribution is -0.141. The number of carbonyl (C=O) groups is 2. The number of likely N-dealkylation sites (N-methyl/N-ethyl adjacent to an activating group) is 2. The Morgan fingerprint density at radius 3 is 2.60 bits per heavy atom. The maximum atomic E-state index is 12.2. The Hall–Kier alpha value is -1.75. The molecular formula is C14H19ClN2O3. The topological polar surface area (TPSA) is 58.6 Å². The van der Waals surface area contributed by atoms with Gasteiger partial charge in [0.2, 0.25) is 5.91 Å². The molecule has 0 aliphatic heterocycles. The zero-order valence-corrected chi connectivity index (χ0v) is 12.6. The standard InChI is InChI=1S/C14H19ClN2O3/c1-4-17(9-13(18)16-3)14(19)10(2)20-12-8-6-5-7-11(12)15/h5-8,10H,4,9H2,1-3H3,(H,16,18). The van der Waals surface area contributed by atoms with Crippen LogP contribution >= 0.6 is 11.6 Å². The monoisotopic (exact) mass is 298 g/mol. The van der Waals surface area contributed by atoms with Crippen molar-refractivity contribution in [2.45, 2.75) is 20.0 Å². The van der Waals surface area contributed by atoms with Crippen molar-refractivity contribution in [3.63, 3.8) is 0 Å². The molecule has 2 amide bonds. The SMILES string of the molecule is CCN(CC(=O)NC)C(=O)C(C)Oc1ccccc1Cl. The molecule has 0 saturated carbocycles. The van der Waals surface area contributed by atoms with Crippen LogP contribution in [0.3, 0.4) is 0 Å². The summed E-state index contributed by atoms with van der Waals surface area (Å²) in [5.41, 5.74) is 0. The van der Waals surface area contributed by atoms with Crippen molar-refractivity contribution < 1.29 is 14.3 Å². The van der Waals surface area contributed by atoms with Crippen LogP contribution in [0.25, 0.3) is 0 Å². The normalized spacial score (nSPS) is 11.6. The van der Waals surface area contributed by atoms with Crippen LogP contribution in [-0.2, 0) is 9.59 Å². The Morgan fingerprint density at radius 1 is 1.40 bits per heavy atom. The Labute approximate surface area is 123 Å². The minimum absolute atomic E-state index is 0.0159. The molecule has 1 aromatic rings. The minimum atomic E-state index is -0.709. The van der Waals surface area contributed by atoms with Crippen molar-refractivity contribution in [3.8, 4) is 5.75 Å². The summed E-state index contributed by atoms with van der Waals surface area (Å²) in [6.07, 6.45) is -0.709. The molecular weight excluding hydrogens is 280 g/mol. The van der Waals surface area contributed by atoms with Gasteiger partial charge in [-0.25, -0.2) is 0 Å². The van der Waals surface area contributed by atoms with E-state index in [9.17, 15) is 9.59 Å². The van der Waals surface area contributed by atoms with Gasteiger partial charge >= 0.3 is 0 Å². The predicted octanol–water partition coefficient (Wildman–Crippen LogP) is 1.70. The Morgan fingerprint density at radius 2 is 2.05 bits per heavy atom. The van der Waals surface area contributed by atoms with Gasteiger partial charge in [-0.05, 0) is 26.0 Å². The number of nitrogens with one attached hydrogen (secondary N) is 1. The van der Waals surface area contributed by atoms with Crippen LogP contribution in [0.15, 0.2) is 24.3 Å². The molecule has 0 fully saturated rings. The molecule has 110 valence electrons. The molecule has 1 atom stereocenters. The summed E-state index contributed by atoms with van der Waals surface area (Å²) in [5, 5.41) is 2.93. The van der Waals surface area contributed by atoms with Crippen LogP contribution in [0.5, 0.6) is 5.75 Å². The second-order valence-corrected chi connectivity index (χ2v) is 4.62. The fourth-order valence-corrected chi connectivity index (χ4v) is 1.82. The van der Waals surface area contributed by atoms with E-state index in [4.69, 9.17) is 16.3 Å². The van der Waals surface area contributed by atoms with Crippen LogP contribution in [0.4, 0.5) is 0 Å². The number of carbonyl (C=O) groups excluding carboxylic acids is 2. The summed E-state index contributed by atoms with van der Waals surface area (Å²) in [5.74, 6) is -0.0211. The number of nitrogens with zero attached hydrogens (tertiary/aromatic N) is 1. The molecule has 0 spiro atoms. The molecule has 0 bridgehead atoms. The number of amides is 2. The zero-order chi connectivity index (χ0) is 15.1. The average molecular weight is 299 g/mol. The molecule has 0 saturated heterocycles. The van der Waals surface area contributed by atoms with Gasteiger partial charge < -0.3 is 15.0 Å². The maximum absolute atomic E-state index is 12.2. The highest BCUT2D eigenvalue weighted by Gasteiger charge is 2.23. The van der Waals surface area contributed by atoms with Gasteiger partial charge in [-0.1, -0.05) is 23.7 Å². The fraction of sp³-hybridized carbons (Fsp3) is 0.429. The van der Waals surface area contributed by atoms with Gasteiger partial charge in [-0.15, -0.1) is 0 Å². The molecule has 20 heavy (non-hydrogen) atoms. The molecule has 0 aliphatic rings. The Kier molecular flexibility index (Phi) is 6.31. The van der Waals surface area contributed by atoms with E-state index in [0.29, 0.717) is 17.3 Å². The fourth-order valence-electron chi connectivity index (χ4n) is 1.64. The van der Waals surface area contributed by atoms with Gasteiger partial charge in [-0.2, -0.15) is 0 Å². The van der Waals surface area contributed by atoms with E-state index in [-0.39, 0.29) is 18.4 Å². The number of hydrogen-bond acceptors (Lipinski definition) is 3. The lowest BCUT2D eigenvalue weighted by atomic mass is 10.3. The first kappa shape index (κ1) is 16.3. The van der Waals surface area contributed by atoms with Crippen molar-refractivity contribution in [3.05, 3.63) is 29.3 Å². The van der Waals surface area contributed by atoms with Crippen LogP contribution in [0.2, 0.25) is 5.02 Å². The van der Waals surface area contributed by atoms with Crippen LogP contribution in [-0.4, -0.2) is 43.0 Å². The second kappa shape index (κ2) is 7.75. The smallest absolute Gasteiger partial charge is 0.263 e. The average Bonchev–Trinajstić information content (AvgIpc) is 2.46. The summed E-state index contributed by atoms with van der Waals surface area (Å²) >= 11 is 5.98. The van der Waals surface area contributed by atoms with E-state index >= 15 is 0 Å². The van der Waals surface area contributed by atoms with Crippen molar-refractivity contribution in [2.24, 2.45) is 0 Å². The van der Waals surface area contributed by atoms with Gasteiger partial charge in [0.1, 0.15) is 5.75 Å². The number of hydrogen-bond donors (Lipinski definition) is 1. The van der Waals surface area contributed by atoms with Gasteiger partial charge in [0.25, 0.3) is 5.91 Å². The van der Waals surface area contributed by atoms with Crippen molar-refractivity contribution in [2.75, 3.05) is 20.1 Å². The van der Waals surface area contributed by atoms with Gasteiger partial charge in [0.15, 0.2) is 6.10 Å². The Bertz CT molecular complexity index is 479. The summed E-state index contributed by atoms with van der Waals surface area (Å²) in [6, 6.07) is 6.95. The summed E-state index contributed by atoms with van der Waals surface area (Å²) in [4.78, 5) is 25.0. The highest BCUT2D eigenvalue weighted by molar-refractivity contribution is 6.32. The highest BCUT2D eigenvalue weighted by Crippen LogP contribution is 2.24. The molecule has 1 N–H and O–H groups in total. The summed E-state index contributed by atoms with van der Waals surface area (Å²) < 4.78 is 5.55. The zero-order valence-electron chi connectivity index (χ0n) is 11.9. The van der Waals surface area contributed by atoms with Gasteiger partial charge in [0.05, 0.1) is 11.6 Å². The van der Waals surface area contributed by atoms with Crippen molar-refractivity contribution >= 4 is 23.4 Å². The summed E-state index contributed by atoms with van der Waals surface area (Å²) in [7, 11) is 1.53. The lowest BCUT2D eigenvalue weighted by Gasteiger charge is -2.24. The first-order chi connectivity index (χ1) is 9.49. The van der Waals surface area contributed by atoms with Gasteiger partial charge in [0, 0.05) is 13.6 Å². The third kappa shape index (κ3) is 4.42. The number of para-hydroxylation sites is 1. The van der Waals surface area contributed by atoms with E-state index in [1.165, 1.54) is 11.9 Å². The number of benzene rings is 1. The van der Waals surface area contributed by atoms with E-state index in [0.717, 1.165) is 0 Å². The highest BCUT2D eigenvalue weighted by atomic mass is 35.5. The quantitative estimate of drug-likeness (QED) is 0.869. The molecule has 1 aromatic carbocycles.